The second kappa shape index (κ2) is 8.48. The van der Waals surface area contributed by atoms with Crippen LogP contribution in [0, 0.1) is 6.92 Å². The Morgan fingerprint density at radius 1 is 1.04 bits per heavy atom. The van der Waals surface area contributed by atoms with Gasteiger partial charge in [0.25, 0.3) is 0 Å². The molecule has 3 heterocycles. The van der Waals surface area contributed by atoms with Crippen molar-refractivity contribution in [2.24, 2.45) is 0 Å². The predicted octanol–water partition coefficient (Wildman–Crippen LogP) is 2.74. The zero-order chi connectivity index (χ0) is 17.8. The van der Waals surface area contributed by atoms with Gasteiger partial charge >= 0.3 is 0 Å². The molecule has 1 atom stereocenters. The number of ether oxygens (including phenoxy) is 1. The molecular formula is C20H29N4O2. The molecule has 26 heavy (non-hydrogen) atoms. The quantitative estimate of drug-likeness (QED) is 0.741. The van der Waals surface area contributed by atoms with Crippen molar-refractivity contribution in [1.82, 2.24) is 19.9 Å². The first-order valence-electron chi connectivity index (χ1n) is 9.82. The number of aromatic nitrogens is 1. The van der Waals surface area contributed by atoms with Gasteiger partial charge < -0.3 is 14.1 Å². The Kier molecular flexibility index (Phi) is 5.84. The predicted molar refractivity (Wildman–Crippen MR) is 101 cm³/mol. The summed E-state index contributed by atoms with van der Waals surface area (Å²) in [5.41, 5.74) is 1.73. The van der Waals surface area contributed by atoms with Gasteiger partial charge in [0.15, 0.2) is 5.58 Å². The van der Waals surface area contributed by atoms with Crippen LogP contribution in [0.15, 0.2) is 28.7 Å². The van der Waals surface area contributed by atoms with Crippen LogP contribution >= 0.6 is 0 Å². The number of benzene rings is 1. The summed E-state index contributed by atoms with van der Waals surface area (Å²) in [5.74, 6) is 0.697. The molecule has 0 aliphatic carbocycles. The van der Waals surface area contributed by atoms with Crippen molar-refractivity contribution in [1.29, 1.82) is 0 Å². The lowest BCUT2D eigenvalue weighted by Crippen LogP contribution is -2.56. The number of unbranched alkanes of at least 4 members (excludes halogenated alkanes) is 2. The minimum absolute atomic E-state index is 0.0915. The van der Waals surface area contributed by atoms with Crippen molar-refractivity contribution in [2.45, 2.75) is 25.4 Å². The average Bonchev–Trinajstić information content (AvgIpc) is 3.13. The number of oxazole rings is 1. The molecule has 2 aliphatic heterocycles. The summed E-state index contributed by atoms with van der Waals surface area (Å²) in [6.45, 7) is 12.1. The van der Waals surface area contributed by atoms with Crippen molar-refractivity contribution >= 4 is 11.1 Å². The third-order valence-electron chi connectivity index (χ3n) is 5.35. The summed E-state index contributed by atoms with van der Waals surface area (Å²) in [4.78, 5) is 7.19. The van der Waals surface area contributed by atoms with Gasteiger partial charge in [0.2, 0.25) is 5.89 Å². The summed E-state index contributed by atoms with van der Waals surface area (Å²) in [6.07, 6.45) is 3.45. The maximum atomic E-state index is 5.96. The van der Waals surface area contributed by atoms with Crippen molar-refractivity contribution in [3.05, 3.63) is 37.1 Å². The van der Waals surface area contributed by atoms with Crippen LogP contribution in [0.25, 0.3) is 11.1 Å². The molecule has 0 spiro atoms. The Balaban J connectivity index is 1.32. The maximum absolute atomic E-state index is 5.96. The third-order valence-corrected chi connectivity index (χ3v) is 5.35. The molecule has 0 amide bonds. The summed E-state index contributed by atoms with van der Waals surface area (Å²) in [6, 6.07) is 7.90. The SMILES string of the molecule is [CH2]CCCCN1CCN(N2CCOC(c3nc4ccccc4o3)C2)CC1. The van der Waals surface area contributed by atoms with E-state index in [0.29, 0.717) is 12.5 Å². The van der Waals surface area contributed by atoms with Crippen LogP contribution in [0.3, 0.4) is 0 Å². The van der Waals surface area contributed by atoms with Crippen molar-refractivity contribution in [3.8, 4) is 0 Å². The van der Waals surface area contributed by atoms with Crippen LogP contribution in [0.1, 0.15) is 31.3 Å². The van der Waals surface area contributed by atoms with Crippen LogP contribution in [-0.4, -0.2) is 72.3 Å². The largest absolute Gasteiger partial charge is 0.438 e. The third kappa shape index (κ3) is 4.09. The van der Waals surface area contributed by atoms with E-state index in [-0.39, 0.29) is 6.10 Å². The fraction of sp³-hybridized carbons (Fsp3) is 0.600. The normalized spacial score (nSPS) is 23.7. The molecule has 0 saturated carbocycles. The van der Waals surface area contributed by atoms with Crippen LogP contribution in [0.2, 0.25) is 0 Å². The summed E-state index contributed by atoms with van der Waals surface area (Å²) in [7, 11) is 0. The lowest BCUT2D eigenvalue weighted by Gasteiger charge is -2.43. The molecule has 2 aliphatic rings. The van der Waals surface area contributed by atoms with Crippen LogP contribution in [0.4, 0.5) is 0 Å². The molecule has 6 heteroatoms. The van der Waals surface area contributed by atoms with E-state index in [2.05, 4.69) is 26.8 Å². The molecule has 2 fully saturated rings. The van der Waals surface area contributed by atoms with Crippen molar-refractivity contribution in [2.75, 3.05) is 52.4 Å². The van der Waals surface area contributed by atoms with Crippen LogP contribution in [0.5, 0.6) is 0 Å². The lowest BCUT2D eigenvalue weighted by atomic mass is 10.2. The first kappa shape index (κ1) is 17.9. The molecule has 0 N–H and O–H groups in total. The molecule has 2 aromatic rings. The summed E-state index contributed by atoms with van der Waals surface area (Å²) in [5, 5.41) is 4.91. The number of hydrazine groups is 1. The minimum Gasteiger partial charge on any atom is -0.438 e. The van der Waals surface area contributed by atoms with E-state index in [1.54, 1.807) is 0 Å². The molecule has 0 bridgehead atoms. The fourth-order valence-electron chi connectivity index (χ4n) is 3.83. The molecule has 2 saturated heterocycles. The van der Waals surface area contributed by atoms with Gasteiger partial charge in [0, 0.05) is 39.3 Å². The van der Waals surface area contributed by atoms with E-state index in [0.717, 1.165) is 56.8 Å². The fourth-order valence-corrected chi connectivity index (χ4v) is 3.83. The van der Waals surface area contributed by atoms with E-state index in [4.69, 9.17) is 9.15 Å². The van der Waals surface area contributed by atoms with E-state index < -0.39 is 0 Å². The zero-order valence-corrected chi connectivity index (χ0v) is 15.5. The van der Waals surface area contributed by atoms with Crippen molar-refractivity contribution in [3.63, 3.8) is 0 Å². The number of piperazine rings is 1. The summed E-state index contributed by atoms with van der Waals surface area (Å²) < 4.78 is 11.9. The standard InChI is InChI=1S/C20H29N4O2/c1-2-3-6-9-22-10-12-23(13-11-22)24-14-15-25-19(16-24)20-21-17-7-4-5-8-18(17)26-20/h4-5,7-8,19H,1-3,6,9-16H2. The Hall–Kier alpha value is -1.47. The van der Waals surface area contributed by atoms with Crippen LogP contribution in [-0.2, 0) is 4.74 Å². The number of fused-ring (bicyclic) bond motifs is 1. The van der Waals surface area contributed by atoms with Crippen LogP contribution < -0.4 is 0 Å². The number of morpholine rings is 1. The van der Waals surface area contributed by atoms with Crippen molar-refractivity contribution < 1.29 is 9.15 Å². The molecular weight excluding hydrogens is 328 g/mol. The Bertz CT molecular complexity index is 663. The Morgan fingerprint density at radius 3 is 2.69 bits per heavy atom. The molecule has 1 aromatic heterocycles. The molecule has 4 rings (SSSR count). The molecule has 141 valence electrons. The van der Waals surface area contributed by atoms with E-state index >= 15 is 0 Å². The molecule has 6 nitrogen and oxygen atoms in total. The van der Waals surface area contributed by atoms with Gasteiger partial charge in [0.1, 0.15) is 11.6 Å². The Labute approximate surface area is 155 Å². The zero-order valence-electron chi connectivity index (χ0n) is 15.5. The second-order valence-corrected chi connectivity index (χ2v) is 7.15. The van der Waals surface area contributed by atoms with Gasteiger partial charge in [-0.25, -0.2) is 15.0 Å². The minimum atomic E-state index is -0.0915. The van der Waals surface area contributed by atoms with Gasteiger partial charge in [-0.1, -0.05) is 31.9 Å². The Morgan fingerprint density at radius 2 is 1.88 bits per heavy atom. The highest BCUT2D eigenvalue weighted by Gasteiger charge is 2.30. The topological polar surface area (TPSA) is 45.0 Å². The van der Waals surface area contributed by atoms with E-state index in [1.807, 2.05) is 24.3 Å². The van der Waals surface area contributed by atoms with Gasteiger partial charge in [0.05, 0.1) is 6.61 Å². The number of nitrogens with zero attached hydrogens (tertiary/aromatic N) is 4. The maximum Gasteiger partial charge on any atom is 0.226 e. The number of rotatable bonds is 6. The monoisotopic (exact) mass is 357 g/mol. The van der Waals surface area contributed by atoms with Gasteiger partial charge in [-0.2, -0.15) is 0 Å². The first-order valence-corrected chi connectivity index (χ1v) is 9.82. The number of hydrogen-bond donors (Lipinski definition) is 0. The van der Waals surface area contributed by atoms with Gasteiger partial charge in [-0.3, -0.25) is 0 Å². The van der Waals surface area contributed by atoms with Gasteiger partial charge in [-0.05, 0) is 25.1 Å². The summed E-state index contributed by atoms with van der Waals surface area (Å²) >= 11 is 0. The highest BCUT2D eigenvalue weighted by Crippen LogP contribution is 2.26. The second-order valence-electron chi connectivity index (χ2n) is 7.15. The molecule has 1 unspecified atom stereocenters. The highest BCUT2D eigenvalue weighted by molar-refractivity contribution is 5.72. The molecule has 1 aromatic carbocycles. The first-order chi connectivity index (χ1) is 12.8. The lowest BCUT2D eigenvalue weighted by molar-refractivity contribution is -0.141. The van der Waals surface area contributed by atoms with E-state index in [9.17, 15) is 0 Å². The van der Waals surface area contributed by atoms with Gasteiger partial charge in [-0.15, -0.1) is 0 Å². The molecule has 1 radical (unpaired) electrons. The highest BCUT2D eigenvalue weighted by atomic mass is 16.5. The van der Waals surface area contributed by atoms with E-state index in [1.165, 1.54) is 19.4 Å². The number of hydrogen-bond acceptors (Lipinski definition) is 6. The number of para-hydroxylation sites is 2. The smallest absolute Gasteiger partial charge is 0.226 e. The average molecular weight is 357 g/mol.